The molecule has 5 heteroatoms. The average Bonchev–Trinajstić information content (AvgIpc) is 3.02. The van der Waals surface area contributed by atoms with Crippen LogP contribution in [0, 0.1) is 0 Å². The molecule has 112 valence electrons. The molecule has 1 aromatic carbocycles. The summed E-state index contributed by atoms with van der Waals surface area (Å²) in [5.74, 6) is 1.13. The topological polar surface area (TPSA) is 59.9 Å². The van der Waals surface area contributed by atoms with E-state index in [-0.39, 0.29) is 12.1 Å². The number of hydrogen-bond acceptors (Lipinski definition) is 4. The van der Waals surface area contributed by atoms with Crippen LogP contribution in [0.25, 0.3) is 0 Å². The van der Waals surface area contributed by atoms with E-state index >= 15 is 0 Å². The van der Waals surface area contributed by atoms with Gasteiger partial charge in [-0.3, -0.25) is 0 Å². The van der Waals surface area contributed by atoms with E-state index in [0.717, 1.165) is 18.4 Å². The molecule has 1 aliphatic heterocycles. The summed E-state index contributed by atoms with van der Waals surface area (Å²) in [6.07, 6.45) is 5.32. The van der Waals surface area contributed by atoms with Crippen LogP contribution in [-0.2, 0) is 4.74 Å². The fraction of sp³-hybridized carbons (Fsp3) is 0.500. The fourth-order valence-electron chi connectivity index (χ4n) is 2.75. The molecule has 1 aliphatic carbocycles. The lowest BCUT2D eigenvalue weighted by Gasteiger charge is -2.22. The molecular weight excluding hydrogens is 268 g/mol. The highest BCUT2D eigenvalue weighted by atomic mass is 16.6. The van der Waals surface area contributed by atoms with E-state index in [1.807, 2.05) is 12.1 Å². The largest absolute Gasteiger partial charge is 0.476 e. The van der Waals surface area contributed by atoms with E-state index in [4.69, 9.17) is 9.47 Å². The molecule has 0 radical (unpaired) electrons. The van der Waals surface area contributed by atoms with Gasteiger partial charge in [0.15, 0.2) is 0 Å². The molecule has 21 heavy (non-hydrogen) atoms. The molecule has 0 aromatic heterocycles. The van der Waals surface area contributed by atoms with E-state index in [2.05, 4.69) is 10.3 Å². The predicted molar refractivity (Wildman–Crippen MR) is 79.8 cm³/mol. The third-order valence-electron chi connectivity index (χ3n) is 3.80. The Balaban J connectivity index is 1.59. The second-order valence-corrected chi connectivity index (χ2v) is 5.43. The summed E-state index contributed by atoms with van der Waals surface area (Å²) in [7, 11) is 0. The number of nitrogens with zero attached hydrogens (tertiary/aromatic N) is 1. The Morgan fingerprint density at radius 3 is 2.90 bits per heavy atom. The maximum Gasteiger partial charge on any atom is 0.412 e. The zero-order valence-electron chi connectivity index (χ0n) is 12.0. The van der Waals surface area contributed by atoms with Crippen LogP contribution in [0.3, 0.4) is 0 Å². The number of amides is 1. The van der Waals surface area contributed by atoms with Crippen LogP contribution in [0.2, 0.25) is 0 Å². The Hall–Kier alpha value is -2.04. The number of carbonyl (C=O) groups excluding carboxylic acids is 1. The van der Waals surface area contributed by atoms with Gasteiger partial charge in [-0.1, -0.05) is 25.3 Å². The monoisotopic (exact) mass is 288 g/mol. The number of nitrogens with one attached hydrogen (secondary N) is 1. The van der Waals surface area contributed by atoms with Crippen molar-refractivity contribution in [2.24, 2.45) is 4.99 Å². The number of hydrogen-bond donors (Lipinski definition) is 1. The van der Waals surface area contributed by atoms with Crippen LogP contribution in [0.15, 0.2) is 29.3 Å². The zero-order chi connectivity index (χ0) is 14.5. The van der Waals surface area contributed by atoms with Gasteiger partial charge in [-0.05, 0) is 31.0 Å². The second kappa shape index (κ2) is 6.61. The van der Waals surface area contributed by atoms with Gasteiger partial charge in [0.1, 0.15) is 12.4 Å². The molecule has 3 rings (SSSR count). The molecular formula is C16H20N2O3. The van der Waals surface area contributed by atoms with Gasteiger partial charge in [0.2, 0.25) is 5.90 Å². The minimum atomic E-state index is -0.381. The highest BCUT2D eigenvalue weighted by Gasteiger charge is 2.17. The van der Waals surface area contributed by atoms with Crippen LogP contribution < -0.4 is 10.1 Å². The van der Waals surface area contributed by atoms with Crippen molar-refractivity contribution >= 4 is 12.0 Å². The van der Waals surface area contributed by atoms with Crippen LogP contribution in [0.1, 0.15) is 37.7 Å². The lowest BCUT2D eigenvalue weighted by atomic mass is 9.96. The molecule has 0 spiro atoms. The van der Waals surface area contributed by atoms with E-state index in [0.29, 0.717) is 24.8 Å². The first-order valence-corrected chi connectivity index (χ1v) is 7.57. The first kappa shape index (κ1) is 13.9. The third-order valence-corrected chi connectivity index (χ3v) is 3.80. The number of ether oxygens (including phenoxy) is 2. The number of benzene rings is 1. The molecule has 1 fully saturated rings. The van der Waals surface area contributed by atoms with E-state index in [1.165, 1.54) is 19.3 Å². The summed E-state index contributed by atoms with van der Waals surface area (Å²) in [4.78, 5) is 16.2. The summed E-state index contributed by atoms with van der Waals surface area (Å²) < 4.78 is 10.8. The molecule has 2 aliphatic rings. The lowest BCUT2D eigenvalue weighted by molar-refractivity contribution is 0.192. The van der Waals surface area contributed by atoms with Crippen molar-refractivity contribution in [1.29, 1.82) is 0 Å². The Bertz CT molecular complexity index is 536. The third kappa shape index (κ3) is 3.74. The van der Waals surface area contributed by atoms with Crippen molar-refractivity contribution in [3.63, 3.8) is 0 Å². The van der Waals surface area contributed by atoms with Crippen LogP contribution in [0.4, 0.5) is 4.79 Å². The van der Waals surface area contributed by atoms with Gasteiger partial charge >= 0.3 is 6.09 Å². The van der Waals surface area contributed by atoms with Crippen molar-refractivity contribution in [3.05, 3.63) is 29.8 Å². The minimum absolute atomic E-state index is 0.247. The Labute approximate surface area is 124 Å². The molecule has 1 amide bonds. The molecule has 0 saturated heterocycles. The maximum atomic E-state index is 11.9. The first-order chi connectivity index (χ1) is 10.3. The van der Waals surface area contributed by atoms with Gasteiger partial charge in [-0.2, -0.15) is 0 Å². The van der Waals surface area contributed by atoms with Gasteiger partial charge in [0.05, 0.1) is 6.54 Å². The quantitative estimate of drug-likeness (QED) is 0.930. The van der Waals surface area contributed by atoms with Crippen molar-refractivity contribution < 1.29 is 14.3 Å². The maximum absolute atomic E-state index is 11.9. The van der Waals surface area contributed by atoms with Gasteiger partial charge in [-0.25, -0.2) is 9.79 Å². The zero-order valence-corrected chi connectivity index (χ0v) is 12.0. The van der Waals surface area contributed by atoms with E-state index in [9.17, 15) is 4.79 Å². The van der Waals surface area contributed by atoms with Crippen molar-refractivity contribution in [2.75, 3.05) is 13.2 Å². The van der Waals surface area contributed by atoms with E-state index in [1.54, 1.807) is 12.1 Å². The molecule has 1 heterocycles. The minimum Gasteiger partial charge on any atom is -0.476 e. The number of rotatable bonds is 3. The van der Waals surface area contributed by atoms with Gasteiger partial charge in [-0.15, -0.1) is 0 Å². The lowest BCUT2D eigenvalue weighted by Crippen LogP contribution is -2.38. The van der Waals surface area contributed by atoms with Crippen molar-refractivity contribution in [2.45, 2.75) is 38.1 Å². The Morgan fingerprint density at radius 2 is 2.14 bits per heavy atom. The van der Waals surface area contributed by atoms with Crippen LogP contribution in [-0.4, -0.2) is 31.2 Å². The summed E-state index contributed by atoms with van der Waals surface area (Å²) in [6, 6.07) is 7.53. The Morgan fingerprint density at radius 1 is 1.29 bits per heavy atom. The average molecular weight is 288 g/mol. The van der Waals surface area contributed by atoms with Crippen molar-refractivity contribution in [1.82, 2.24) is 5.32 Å². The highest BCUT2D eigenvalue weighted by molar-refractivity contribution is 5.95. The van der Waals surface area contributed by atoms with Gasteiger partial charge in [0.25, 0.3) is 0 Å². The van der Waals surface area contributed by atoms with Crippen molar-refractivity contribution in [3.8, 4) is 5.75 Å². The van der Waals surface area contributed by atoms with Crippen LogP contribution in [0.5, 0.6) is 5.75 Å². The number of aliphatic imine (C=N–C) groups is 1. The smallest absolute Gasteiger partial charge is 0.412 e. The summed E-state index contributed by atoms with van der Waals surface area (Å²) in [6.45, 7) is 1.30. The predicted octanol–water partition coefficient (Wildman–Crippen LogP) is 2.88. The van der Waals surface area contributed by atoms with Crippen LogP contribution >= 0.6 is 0 Å². The molecule has 0 bridgehead atoms. The molecule has 5 nitrogen and oxygen atoms in total. The van der Waals surface area contributed by atoms with E-state index < -0.39 is 0 Å². The summed E-state index contributed by atoms with van der Waals surface area (Å²) >= 11 is 0. The first-order valence-electron chi connectivity index (χ1n) is 7.57. The molecule has 1 saturated carbocycles. The molecule has 1 N–H and O–H groups in total. The van der Waals surface area contributed by atoms with Gasteiger partial charge in [0, 0.05) is 11.6 Å². The SMILES string of the molecule is O=C(NC1CCCCC1)Oc1cccc(C2=NCCO2)c1. The summed E-state index contributed by atoms with van der Waals surface area (Å²) in [5.41, 5.74) is 0.843. The molecule has 0 atom stereocenters. The highest BCUT2D eigenvalue weighted by Crippen LogP contribution is 2.19. The molecule has 1 aromatic rings. The second-order valence-electron chi connectivity index (χ2n) is 5.43. The normalized spacial score (nSPS) is 18.8. The Kier molecular flexibility index (Phi) is 4.38. The fourth-order valence-corrected chi connectivity index (χ4v) is 2.75. The summed E-state index contributed by atoms with van der Waals surface area (Å²) in [5, 5.41) is 2.93. The standard InChI is InChI=1S/C16H20N2O3/c19-16(18-13-6-2-1-3-7-13)21-14-8-4-5-12(11-14)15-17-9-10-20-15/h4-5,8,11,13H,1-3,6-7,9-10H2,(H,18,19). The number of carbonyl (C=O) groups is 1. The van der Waals surface area contributed by atoms with Gasteiger partial charge < -0.3 is 14.8 Å². The molecule has 0 unspecified atom stereocenters.